The average Bonchev–Trinajstić information content (AvgIpc) is 1.82. The lowest BCUT2D eigenvalue weighted by Gasteiger charge is -2.17. The Morgan fingerprint density at radius 3 is 2.67 bits per heavy atom. The van der Waals surface area contributed by atoms with Crippen molar-refractivity contribution in [3.63, 3.8) is 0 Å². The van der Waals surface area contributed by atoms with Crippen LogP contribution in [0.2, 0.25) is 0 Å². The van der Waals surface area contributed by atoms with Gasteiger partial charge in [0.15, 0.2) is 0 Å². The summed E-state index contributed by atoms with van der Waals surface area (Å²) in [6, 6.07) is 0. The number of alkyl halides is 1. The van der Waals surface area contributed by atoms with E-state index in [1.807, 2.05) is 0 Å². The van der Waals surface area contributed by atoms with Crippen LogP contribution < -0.4 is 5.11 Å². The van der Waals surface area contributed by atoms with E-state index in [-0.39, 0.29) is 0 Å². The quantitative estimate of drug-likeness (QED) is 0.597. The minimum Gasteiger partial charge on any atom is -0.530 e. The van der Waals surface area contributed by atoms with E-state index in [0.29, 0.717) is 6.54 Å². The highest BCUT2D eigenvalue weighted by Gasteiger charge is 1.93. The minimum atomic E-state index is -1.11. The van der Waals surface area contributed by atoms with Gasteiger partial charge in [0.25, 0.3) is 0 Å². The first kappa shape index (κ1) is 8.75. The van der Waals surface area contributed by atoms with E-state index in [0.717, 1.165) is 16.7 Å². The van der Waals surface area contributed by atoms with E-state index >= 15 is 0 Å². The molecular weight excluding hydrogens is 186 g/mol. The predicted octanol–water partition coefficient (Wildman–Crippen LogP) is 0.0465. The van der Waals surface area contributed by atoms with E-state index < -0.39 is 6.09 Å². The van der Waals surface area contributed by atoms with E-state index in [1.54, 1.807) is 0 Å². The largest absolute Gasteiger partial charge is 0.530 e. The van der Waals surface area contributed by atoms with Gasteiger partial charge in [0, 0.05) is 18.9 Å². The molecule has 54 valence electrons. The molecule has 0 aromatic carbocycles. The van der Waals surface area contributed by atoms with Crippen LogP contribution in [0, 0.1) is 0 Å². The van der Waals surface area contributed by atoms with Crippen molar-refractivity contribution in [3.05, 3.63) is 0 Å². The van der Waals surface area contributed by atoms with Gasteiger partial charge in [-0.25, -0.2) is 0 Å². The molecule has 0 aliphatic carbocycles. The van der Waals surface area contributed by atoms with Crippen molar-refractivity contribution in [2.75, 3.05) is 18.9 Å². The van der Waals surface area contributed by atoms with Crippen LogP contribution in [-0.4, -0.2) is 29.9 Å². The van der Waals surface area contributed by atoms with Gasteiger partial charge in [-0.15, -0.1) is 0 Å². The molecule has 0 radical (unpaired) electrons. The van der Waals surface area contributed by atoms with Crippen LogP contribution in [0.3, 0.4) is 0 Å². The van der Waals surface area contributed by atoms with Gasteiger partial charge in [-0.05, 0) is 6.42 Å². The Hall–Kier alpha value is -0.250. The van der Waals surface area contributed by atoms with Crippen LogP contribution in [0.5, 0.6) is 0 Å². The summed E-state index contributed by atoms with van der Waals surface area (Å²) < 4.78 is 0. The number of carbonyl (C=O) groups excluding carboxylic acids is 1. The van der Waals surface area contributed by atoms with Gasteiger partial charge in [0.05, 0.1) is 0 Å². The number of nitrogens with zero attached hydrogens (tertiary/aromatic N) is 1. The average molecular weight is 195 g/mol. The minimum absolute atomic E-state index is 0.535. The Bertz CT molecular complexity index is 97.0. The van der Waals surface area contributed by atoms with Crippen LogP contribution in [-0.2, 0) is 0 Å². The van der Waals surface area contributed by atoms with E-state index in [1.165, 1.54) is 7.05 Å². The second-order valence-corrected chi connectivity index (χ2v) is 2.52. The van der Waals surface area contributed by atoms with Gasteiger partial charge in [-0.1, -0.05) is 15.9 Å². The number of carboxylic acid groups (broad SMARTS) is 1. The Balaban J connectivity index is 3.27. The highest BCUT2D eigenvalue weighted by molar-refractivity contribution is 9.09. The molecule has 9 heavy (non-hydrogen) atoms. The smallest absolute Gasteiger partial charge is 0.136 e. The third-order valence-electron chi connectivity index (χ3n) is 0.939. The highest BCUT2D eigenvalue weighted by Crippen LogP contribution is 1.89. The van der Waals surface area contributed by atoms with Crippen LogP contribution in [0.25, 0.3) is 0 Å². The zero-order chi connectivity index (χ0) is 7.28. The molecule has 0 aliphatic heterocycles. The highest BCUT2D eigenvalue weighted by atomic mass is 79.9. The molecule has 0 atom stereocenters. The summed E-state index contributed by atoms with van der Waals surface area (Å²) >= 11 is 3.19. The van der Waals surface area contributed by atoms with Crippen molar-refractivity contribution in [2.24, 2.45) is 0 Å². The molecule has 0 aromatic rings. The lowest BCUT2D eigenvalue weighted by molar-refractivity contribution is -0.263. The monoisotopic (exact) mass is 194 g/mol. The van der Waals surface area contributed by atoms with Crippen LogP contribution >= 0.6 is 15.9 Å². The fraction of sp³-hybridized carbons (Fsp3) is 0.800. The van der Waals surface area contributed by atoms with Gasteiger partial charge in [0.2, 0.25) is 0 Å². The molecule has 0 unspecified atom stereocenters. The van der Waals surface area contributed by atoms with Crippen molar-refractivity contribution in [1.82, 2.24) is 4.90 Å². The van der Waals surface area contributed by atoms with Gasteiger partial charge < -0.3 is 14.8 Å². The summed E-state index contributed by atoms with van der Waals surface area (Å²) in [5, 5.41) is 10.8. The molecule has 0 aliphatic rings. The zero-order valence-electron chi connectivity index (χ0n) is 5.26. The Labute approximate surface area is 62.8 Å². The number of hydrogen-bond acceptors (Lipinski definition) is 2. The topological polar surface area (TPSA) is 43.4 Å². The molecule has 0 rings (SSSR count). The number of carbonyl (C=O) groups is 1. The molecule has 0 fully saturated rings. The summed E-state index contributed by atoms with van der Waals surface area (Å²) in [5.74, 6) is 0. The number of amides is 1. The zero-order valence-corrected chi connectivity index (χ0v) is 6.85. The van der Waals surface area contributed by atoms with Crippen molar-refractivity contribution in [2.45, 2.75) is 6.42 Å². The molecule has 0 aromatic heterocycles. The first-order chi connectivity index (χ1) is 4.18. The van der Waals surface area contributed by atoms with Crippen molar-refractivity contribution < 1.29 is 9.90 Å². The lowest BCUT2D eigenvalue weighted by atomic mass is 10.5. The molecule has 0 N–H and O–H groups in total. The molecule has 0 bridgehead atoms. The number of rotatable bonds is 3. The van der Waals surface area contributed by atoms with Gasteiger partial charge >= 0.3 is 0 Å². The summed E-state index contributed by atoms with van der Waals surface area (Å²) in [5.41, 5.74) is 0. The Morgan fingerprint density at radius 2 is 2.33 bits per heavy atom. The normalized spacial score (nSPS) is 9.11. The first-order valence-corrected chi connectivity index (χ1v) is 3.78. The molecule has 0 spiro atoms. The molecule has 0 saturated heterocycles. The Kier molecular flexibility index (Phi) is 4.48. The van der Waals surface area contributed by atoms with Crippen LogP contribution in [0.4, 0.5) is 4.79 Å². The lowest BCUT2D eigenvalue weighted by Crippen LogP contribution is -2.38. The molecule has 4 heteroatoms. The Morgan fingerprint density at radius 1 is 1.78 bits per heavy atom. The van der Waals surface area contributed by atoms with Gasteiger partial charge in [0.1, 0.15) is 6.09 Å². The van der Waals surface area contributed by atoms with Gasteiger partial charge in [-0.2, -0.15) is 0 Å². The summed E-state index contributed by atoms with van der Waals surface area (Å²) in [6.07, 6.45) is -0.291. The predicted molar refractivity (Wildman–Crippen MR) is 36.4 cm³/mol. The maximum Gasteiger partial charge on any atom is 0.136 e. The van der Waals surface area contributed by atoms with Crippen molar-refractivity contribution >= 4 is 22.0 Å². The maximum absolute atomic E-state index is 10.0. The molecule has 3 nitrogen and oxygen atoms in total. The second-order valence-electron chi connectivity index (χ2n) is 1.73. The molecular formula is C5H9BrNO2-. The summed E-state index contributed by atoms with van der Waals surface area (Å²) in [4.78, 5) is 11.2. The molecule has 0 heterocycles. The number of hydrogen-bond donors (Lipinski definition) is 0. The third-order valence-corrected chi connectivity index (χ3v) is 1.50. The van der Waals surface area contributed by atoms with Crippen LogP contribution in [0.1, 0.15) is 6.42 Å². The second kappa shape index (κ2) is 4.61. The molecule has 1 amide bonds. The van der Waals surface area contributed by atoms with E-state index in [2.05, 4.69) is 15.9 Å². The maximum atomic E-state index is 10.0. The number of halogens is 1. The summed E-state index contributed by atoms with van der Waals surface area (Å²) in [6.45, 7) is 0.535. The SMILES string of the molecule is CN(CCCBr)C(=O)[O-]. The third kappa shape index (κ3) is 4.27. The standard InChI is InChI=1S/C5H10BrNO2/c1-7(5(8)9)4-2-3-6/h2-4H2,1H3,(H,8,9)/p-1. The molecule has 0 saturated carbocycles. The van der Waals surface area contributed by atoms with Gasteiger partial charge in [-0.3, -0.25) is 0 Å². The van der Waals surface area contributed by atoms with Crippen LogP contribution in [0.15, 0.2) is 0 Å². The van der Waals surface area contributed by atoms with Crippen molar-refractivity contribution in [1.29, 1.82) is 0 Å². The van der Waals surface area contributed by atoms with E-state index in [4.69, 9.17) is 0 Å². The first-order valence-electron chi connectivity index (χ1n) is 2.66. The summed E-state index contributed by atoms with van der Waals surface area (Å²) in [7, 11) is 1.50. The fourth-order valence-corrected chi connectivity index (χ4v) is 0.639. The van der Waals surface area contributed by atoms with Crippen molar-refractivity contribution in [3.8, 4) is 0 Å². The fourth-order valence-electron chi connectivity index (χ4n) is 0.388. The van der Waals surface area contributed by atoms with E-state index in [9.17, 15) is 9.90 Å².